The van der Waals surface area contributed by atoms with E-state index in [1.807, 2.05) is 24.4 Å². The lowest BCUT2D eigenvalue weighted by atomic mass is 10.1. The molecule has 1 amide bonds. The fourth-order valence-corrected chi connectivity index (χ4v) is 3.30. The van der Waals surface area contributed by atoms with Gasteiger partial charge in [-0.2, -0.15) is 0 Å². The normalized spacial score (nSPS) is 18.4. The first kappa shape index (κ1) is 16.6. The van der Waals surface area contributed by atoms with E-state index in [9.17, 15) is 13.2 Å². The molecule has 2 heterocycles. The Hall–Kier alpha value is -2.81. The molecule has 2 aliphatic rings. The third-order valence-corrected chi connectivity index (χ3v) is 4.72. The fourth-order valence-electron chi connectivity index (χ4n) is 2.74. The first-order chi connectivity index (χ1) is 12.4. The number of hydrogen-bond donors (Lipinski definition) is 2. The molecule has 1 aliphatic carbocycles. The van der Waals surface area contributed by atoms with Gasteiger partial charge in [-0.1, -0.05) is 12.1 Å². The van der Waals surface area contributed by atoms with Crippen LogP contribution in [0.1, 0.15) is 12.8 Å². The summed E-state index contributed by atoms with van der Waals surface area (Å²) in [6, 6.07) is 10.8. The van der Waals surface area contributed by atoms with Gasteiger partial charge in [0.1, 0.15) is 5.82 Å². The van der Waals surface area contributed by atoms with Crippen molar-refractivity contribution in [1.82, 2.24) is 5.32 Å². The zero-order valence-corrected chi connectivity index (χ0v) is 14.9. The molecule has 1 aliphatic heterocycles. The third kappa shape index (κ3) is 3.72. The van der Waals surface area contributed by atoms with E-state index in [0.29, 0.717) is 11.5 Å². The van der Waals surface area contributed by atoms with E-state index < -0.39 is 16.3 Å². The number of nitrogens with one attached hydrogen (secondary N) is 2. The standard InChI is InChI=1S/C17H18N5O3S/c1-26(24,25)21-14-4-2-3-12(9-14)13-7-8-15-18-17(20-22(15)10-13)19-16(23)11-5-6-11/h2-4,7-11,17,21H,5-6H2,1H3,(H,19,23)/q-1. The Balaban J connectivity index is 1.52. The van der Waals surface area contributed by atoms with Gasteiger partial charge < -0.3 is 15.4 Å². The summed E-state index contributed by atoms with van der Waals surface area (Å²) in [5.41, 5.74) is 6.57. The van der Waals surface area contributed by atoms with Gasteiger partial charge in [0, 0.05) is 11.6 Å². The zero-order valence-electron chi connectivity index (χ0n) is 14.1. The number of carbonyl (C=O) groups excluding carboxylic acids is 1. The Morgan fingerprint density at radius 1 is 1.19 bits per heavy atom. The number of nitrogens with zero attached hydrogens (tertiary/aromatic N) is 3. The highest BCUT2D eigenvalue weighted by atomic mass is 32.2. The molecule has 8 nitrogen and oxygen atoms in total. The minimum atomic E-state index is -3.34. The summed E-state index contributed by atoms with van der Waals surface area (Å²) in [5, 5.41) is 7.19. The van der Waals surface area contributed by atoms with Crippen molar-refractivity contribution in [2.45, 2.75) is 19.1 Å². The molecule has 1 fully saturated rings. The number of amides is 1. The van der Waals surface area contributed by atoms with Crippen LogP contribution in [-0.4, -0.2) is 26.9 Å². The van der Waals surface area contributed by atoms with E-state index >= 15 is 0 Å². The molecule has 1 atom stereocenters. The highest BCUT2D eigenvalue weighted by molar-refractivity contribution is 7.92. The smallest absolute Gasteiger partial charge is 0.229 e. The van der Waals surface area contributed by atoms with Crippen molar-refractivity contribution in [3.63, 3.8) is 0 Å². The minimum absolute atomic E-state index is 0.00400. The highest BCUT2D eigenvalue weighted by Gasteiger charge is 2.30. The van der Waals surface area contributed by atoms with E-state index in [4.69, 9.17) is 0 Å². The van der Waals surface area contributed by atoms with Gasteiger partial charge in [0.2, 0.25) is 15.9 Å². The summed E-state index contributed by atoms with van der Waals surface area (Å²) in [5.74, 6) is 0.755. The maximum absolute atomic E-state index is 11.9. The van der Waals surface area contributed by atoms with E-state index in [2.05, 4.69) is 20.8 Å². The second-order valence-electron chi connectivity index (χ2n) is 6.48. The molecule has 2 aromatic rings. The number of rotatable bonds is 5. The lowest BCUT2D eigenvalue weighted by molar-refractivity contribution is -0.603. The first-order valence-electron chi connectivity index (χ1n) is 8.24. The molecule has 1 aromatic carbocycles. The van der Waals surface area contributed by atoms with Gasteiger partial charge in [-0.05, 0) is 54.4 Å². The second kappa shape index (κ2) is 6.17. The predicted molar refractivity (Wildman–Crippen MR) is 97.0 cm³/mol. The molecule has 0 saturated heterocycles. The van der Waals surface area contributed by atoms with Crippen molar-refractivity contribution < 1.29 is 17.9 Å². The number of pyridine rings is 1. The first-order valence-corrected chi connectivity index (χ1v) is 10.1. The van der Waals surface area contributed by atoms with Gasteiger partial charge in [0.25, 0.3) is 0 Å². The summed E-state index contributed by atoms with van der Waals surface area (Å²) >= 11 is 0. The molecule has 1 aromatic heterocycles. The SMILES string of the molecule is CS(=O)(=O)Nc1cccc(-c2ccc3[n+](c2)[N-]C(NC(=O)C2CC2)[N-]3)c1. The number of benzene rings is 1. The summed E-state index contributed by atoms with van der Waals surface area (Å²) in [6.45, 7) is 0. The van der Waals surface area contributed by atoms with Gasteiger partial charge in [0.05, 0.1) is 12.5 Å². The Morgan fingerprint density at radius 3 is 2.73 bits per heavy atom. The molecule has 26 heavy (non-hydrogen) atoms. The van der Waals surface area contributed by atoms with Crippen LogP contribution in [0, 0.1) is 5.92 Å². The average molecular weight is 372 g/mol. The van der Waals surface area contributed by atoms with Gasteiger partial charge in [0.15, 0.2) is 0 Å². The molecule has 2 N–H and O–H groups in total. The lowest BCUT2D eigenvalue weighted by Crippen LogP contribution is -2.37. The Labute approximate surface area is 151 Å². The quantitative estimate of drug-likeness (QED) is 0.784. The number of aromatic nitrogens is 1. The number of fused-ring (bicyclic) bond motifs is 1. The van der Waals surface area contributed by atoms with Crippen molar-refractivity contribution >= 4 is 27.4 Å². The maximum Gasteiger partial charge on any atom is 0.229 e. The van der Waals surface area contributed by atoms with Crippen LogP contribution in [0.25, 0.3) is 21.9 Å². The third-order valence-electron chi connectivity index (χ3n) is 4.12. The minimum Gasteiger partial charge on any atom is -0.578 e. The summed E-state index contributed by atoms with van der Waals surface area (Å²) < 4.78 is 26.9. The molecule has 9 heteroatoms. The van der Waals surface area contributed by atoms with Crippen LogP contribution in [-0.2, 0) is 14.8 Å². The van der Waals surface area contributed by atoms with Crippen LogP contribution in [0.5, 0.6) is 0 Å². The summed E-state index contributed by atoms with van der Waals surface area (Å²) in [4.78, 5) is 11.9. The van der Waals surface area contributed by atoms with Crippen molar-refractivity contribution in [3.05, 3.63) is 53.3 Å². The maximum atomic E-state index is 11.9. The topological polar surface area (TPSA) is 107 Å². The van der Waals surface area contributed by atoms with Gasteiger partial charge in [-0.3, -0.25) is 14.8 Å². The van der Waals surface area contributed by atoms with E-state index in [1.54, 1.807) is 22.9 Å². The monoisotopic (exact) mass is 372 g/mol. The molecule has 1 unspecified atom stereocenters. The van der Waals surface area contributed by atoms with Crippen LogP contribution in [0.2, 0.25) is 0 Å². The van der Waals surface area contributed by atoms with Crippen LogP contribution >= 0.6 is 0 Å². The number of sulfonamides is 1. The Morgan fingerprint density at radius 2 is 2.00 bits per heavy atom. The number of carbonyl (C=O) groups is 1. The molecular formula is C17H18N5O3S-. The molecule has 1 saturated carbocycles. The molecule has 4 rings (SSSR count). The fraction of sp³-hybridized carbons (Fsp3) is 0.294. The van der Waals surface area contributed by atoms with Crippen molar-refractivity contribution in [2.24, 2.45) is 5.92 Å². The highest BCUT2D eigenvalue weighted by Crippen LogP contribution is 2.32. The second-order valence-corrected chi connectivity index (χ2v) is 8.23. The lowest BCUT2D eigenvalue weighted by Gasteiger charge is -2.25. The van der Waals surface area contributed by atoms with E-state index in [0.717, 1.165) is 30.2 Å². The molecule has 136 valence electrons. The van der Waals surface area contributed by atoms with Crippen LogP contribution in [0.3, 0.4) is 0 Å². The molecule has 0 spiro atoms. The average Bonchev–Trinajstić information content (AvgIpc) is 3.34. The van der Waals surface area contributed by atoms with Crippen LogP contribution in [0.4, 0.5) is 11.5 Å². The summed E-state index contributed by atoms with van der Waals surface area (Å²) in [6.07, 6.45) is 4.18. The van der Waals surface area contributed by atoms with Gasteiger partial charge in [-0.15, -0.1) is 0 Å². The van der Waals surface area contributed by atoms with Crippen LogP contribution in [0.15, 0.2) is 42.6 Å². The molecular weight excluding hydrogens is 354 g/mol. The van der Waals surface area contributed by atoms with Crippen LogP contribution < -0.4 is 14.7 Å². The summed E-state index contributed by atoms with van der Waals surface area (Å²) in [7, 11) is -3.34. The number of anilines is 1. The largest absolute Gasteiger partial charge is 0.578 e. The predicted octanol–water partition coefficient (Wildman–Crippen LogP) is 1.98. The van der Waals surface area contributed by atoms with Gasteiger partial charge in [-0.25, -0.2) is 8.42 Å². The van der Waals surface area contributed by atoms with Crippen molar-refractivity contribution in [2.75, 3.05) is 11.0 Å². The van der Waals surface area contributed by atoms with E-state index in [1.165, 1.54) is 0 Å². The number of hydrogen-bond acceptors (Lipinski definition) is 3. The van der Waals surface area contributed by atoms with Crippen molar-refractivity contribution in [1.29, 1.82) is 0 Å². The molecule has 0 radical (unpaired) electrons. The molecule has 0 bridgehead atoms. The van der Waals surface area contributed by atoms with E-state index in [-0.39, 0.29) is 11.8 Å². The van der Waals surface area contributed by atoms with Gasteiger partial charge >= 0.3 is 0 Å². The Kier molecular flexibility index (Phi) is 3.95. The zero-order chi connectivity index (χ0) is 18.3. The Bertz CT molecular complexity index is 972. The van der Waals surface area contributed by atoms with Crippen molar-refractivity contribution in [3.8, 4) is 11.1 Å².